The van der Waals surface area contributed by atoms with Gasteiger partial charge in [-0.2, -0.15) is 0 Å². The summed E-state index contributed by atoms with van der Waals surface area (Å²) in [6.07, 6.45) is 0.990. The van der Waals surface area contributed by atoms with Crippen LogP contribution in [-0.4, -0.2) is 4.57 Å². The highest BCUT2D eigenvalue weighted by Gasteiger charge is 2.21. The molecule has 0 saturated carbocycles. The van der Waals surface area contributed by atoms with Crippen molar-refractivity contribution < 1.29 is 0 Å². The molecule has 9 aromatic carbocycles. The Bertz CT molecular complexity index is 2780. The zero-order chi connectivity index (χ0) is 38.8. The average Bonchev–Trinajstić information content (AvgIpc) is 3.64. The molecule has 0 N–H and O–H groups in total. The average molecular weight is 743 g/mol. The van der Waals surface area contributed by atoms with Crippen LogP contribution in [0.3, 0.4) is 0 Å². The quantitative estimate of drug-likeness (QED) is 0.143. The van der Waals surface area contributed by atoms with Gasteiger partial charge >= 0.3 is 0 Å². The lowest BCUT2D eigenvalue weighted by Gasteiger charge is -2.28. The minimum Gasteiger partial charge on any atom is -0.310 e. The SMILES string of the molecule is CCc1cccc(-n2c3ccccc3c3cc(N(c4cc(-c5ccccc5)cc(-c5ccccc5)c4)c4cc(-c5ccccc5)cc(-c5ccccc5)c4)ccc32)c1. The summed E-state index contributed by atoms with van der Waals surface area (Å²) >= 11 is 0. The Morgan fingerprint density at radius 2 is 0.776 bits per heavy atom. The molecule has 0 radical (unpaired) electrons. The van der Waals surface area contributed by atoms with Gasteiger partial charge in [0, 0.05) is 33.5 Å². The Labute approximate surface area is 340 Å². The third-order valence-corrected chi connectivity index (χ3v) is 11.3. The molecule has 0 bridgehead atoms. The van der Waals surface area contributed by atoms with Crippen LogP contribution in [0.25, 0.3) is 72.0 Å². The van der Waals surface area contributed by atoms with Crippen LogP contribution in [0.1, 0.15) is 12.5 Å². The summed E-state index contributed by atoms with van der Waals surface area (Å²) in [4.78, 5) is 2.46. The van der Waals surface area contributed by atoms with Crippen molar-refractivity contribution in [2.24, 2.45) is 0 Å². The summed E-state index contributed by atoms with van der Waals surface area (Å²) in [6, 6.07) is 81.8. The monoisotopic (exact) mass is 742 g/mol. The molecule has 2 nitrogen and oxygen atoms in total. The number of aryl methyl sites for hydroxylation is 1. The van der Waals surface area contributed by atoms with Gasteiger partial charge in [0.25, 0.3) is 0 Å². The maximum atomic E-state index is 2.46. The van der Waals surface area contributed by atoms with Gasteiger partial charge in [0.15, 0.2) is 0 Å². The molecule has 0 aliphatic carbocycles. The normalized spacial score (nSPS) is 11.3. The predicted molar refractivity (Wildman–Crippen MR) is 247 cm³/mol. The molecule has 0 fully saturated rings. The summed E-state index contributed by atoms with van der Waals surface area (Å²) in [7, 11) is 0. The number of anilines is 3. The highest BCUT2D eigenvalue weighted by Crippen LogP contribution is 2.44. The highest BCUT2D eigenvalue weighted by molar-refractivity contribution is 6.11. The minimum absolute atomic E-state index is 0.990. The molecule has 2 heteroatoms. The van der Waals surface area contributed by atoms with Crippen LogP contribution >= 0.6 is 0 Å². The Kier molecular flexibility index (Phi) is 9.21. The summed E-state index contributed by atoms with van der Waals surface area (Å²) in [5.41, 5.74) is 17.5. The second kappa shape index (κ2) is 15.3. The van der Waals surface area contributed by atoms with E-state index in [9.17, 15) is 0 Å². The molecule has 1 heterocycles. The standard InChI is InChI=1S/C56H42N2/c1-2-40-18-17-27-49(32-40)58-55-29-16-15-28-53(55)54-39-50(30-31-56(54)58)57(51-35-45(41-19-7-3-8-20-41)33-46(36-51)42-21-9-4-10-22-42)52-37-47(43-23-11-5-12-24-43)34-48(38-52)44-25-13-6-14-26-44/h3-39H,2H2,1H3. The Morgan fingerprint density at radius 1 is 0.328 bits per heavy atom. The molecule has 0 atom stereocenters. The van der Waals surface area contributed by atoms with E-state index >= 15 is 0 Å². The molecular formula is C56H42N2. The number of aromatic nitrogens is 1. The molecule has 0 unspecified atom stereocenters. The van der Waals surface area contributed by atoms with E-state index in [1.165, 1.54) is 55.3 Å². The van der Waals surface area contributed by atoms with E-state index in [2.05, 4.69) is 241 Å². The van der Waals surface area contributed by atoms with Crippen LogP contribution in [0.2, 0.25) is 0 Å². The Balaban J connectivity index is 1.27. The van der Waals surface area contributed by atoms with Crippen molar-refractivity contribution in [3.63, 3.8) is 0 Å². The van der Waals surface area contributed by atoms with E-state index in [1.54, 1.807) is 0 Å². The number of hydrogen-bond donors (Lipinski definition) is 0. The Hall–Kier alpha value is -7.42. The number of para-hydroxylation sites is 1. The van der Waals surface area contributed by atoms with E-state index in [0.717, 1.165) is 45.7 Å². The van der Waals surface area contributed by atoms with E-state index in [1.807, 2.05) is 0 Å². The zero-order valence-corrected chi connectivity index (χ0v) is 32.5. The molecule has 1 aromatic heterocycles. The summed E-state index contributed by atoms with van der Waals surface area (Å²) in [5, 5.41) is 2.44. The van der Waals surface area contributed by atoms with Gasteiger partial charge in [-0.15, -0.1) is 0 Å². The van der Waals surface area contributed by atoms with Crippen LogP contribution in [0, 0.1) is 0 Å². The predicted octanol–water partition coefficient (Wildman–Crippen LogP) is 15.5. The van der Waals surface area contributed by atoms with Gasteiger partial charge in [0.2, 0.25) is 0 Å². The van der Waals surface area contributed by atoms with Crippen molar-refractivity contribution in [2.75, 3.05) is 4.90 Å². The molecule has 10 aromatic rings. The van der Waals surface area contributed by atoms with Gasteiger partial charge in [-0.05, 0) is 129 Å². The lowest BCUT2D eigenvalue weighted by atomic mass is 9.95. The first-order valence-corrected chi connectivity index (χ1v) is 20.1. The molecule has 0 amide bonds. The maximum Gasteiger partial charge on any atom is 0.0542 e. The number of rotatable bonds is 9. The summed E-state index contributed by atoms with van der Waals surface area (Å²) in [6.45, 7) is 2.22. The van der Waals surface area contributed by atoms with Crippen molar-refractivity contribution in [3.8, 4) is 50.2 Å². The molecule has 0 aliphatic heterocycles. The maximum absolute atomic E-state index is 2.46. The van der Waals surface area contributed by atoms with Crippen molar-refractivity contribution in [1.29, 1.82) is 0 Å². The van der Waals surface area contributed by atoms with Crippen LogP contribution in [0.4, 0.5) is 17.1 Å². The minimum atomic E-state index is 0.990. The van der Waals surface area contributed by atoms with Crippen molar-refractivity contribution in [2.45, 2.75) is 13.3 Å². The number of benzene rings is 9. The van der Waals surface area contributed by atoms with Gasteiger partial charge in [-0.25, -0.2) is 0 Å². The van der Waals surface area contributed by atoms with Gasteiger partial charge in [-0.3, -0.25) is 0 Å². The molecule has 0 spiro atoms. The molecule has 10 rings (SSSR count). The van der Waals surface area contributed by atoms with E-state index < -0.39 is 0 Å². The first-order valence-electron chi connectivity index (χ1n) is 20.1. The van der Waals surface area contributed by atoms with Gasteiger partial charge in [0.1, 0.15) is 0 Å². The molecule has 58 heavy (non-hydrogen) atoms. The molecule has 0 saturated heterocycles. The first kappa shape index (κ1) is 35.0. The summed E-state index contributed by atoms with van der Waals surface area (Å²) in [5.74, 6) is 0. The Morgan fingerprint density at radius 3 is 1.26 bits per heavy atom. The molecular weight excluding hydrogens is 701 g/mol. The van der Waals surface area contributed by atoms with Gasteiger partial charge < -0.3 is 9.47 Å². The number of fused-ring (bicyclic) bond motifs is 3. The van der Waals surface area contributed by atoms with Crippen molar-refractivity contribution >= 4 is 38.9 Å². The number of hydrogen-bond acceptors (Lipinski definition) is 1. The fraction of sp³-hybridized carbons (Fsp3) is 0.0357. The molecule has 276 valence electrons. The van der Waals surface area contributed by atoms with Crippen LogP contribution in [0.15, 0.2) is 224 Å². The fourth-order valence-corrected chi connectivity index (χ4v) is 8.41. The largest absolute Gasteiger partial charge is 0.310 e. The third-order valence-electron chi connectivity index (χ3n) is 11.3. The topological polar surface area (TPSA) is 8.17 Å². The smallest absolute Gasteiger partial charge is 0.0542 e. The first-order chi connectivity index (χ1) is 28.7. The number of nitrogens with zero attached hydrogens (tertiary/aromatic N) is 2. The van der Waals surface area contributed by atoms with E-state index in [-0.39, 0.29) is 0 Å². The van der Waals surface area contributed by atoms with Gasteiger partial charge in [-0.1, -0.05) is 159 Å². The third kappa shape index (κ3) is 6.65. The second-order valence-electron chi connectivity index (χ2n) is 14.9. The van der Waals surface area contributed by atoms with E-state index in [4.69, 9.17) is 0 Å². The van der Waals surface area contributed by atoms with Crippen LogP contribution in [0.5, 0.6) is 0 Å². The summed E-state index contributed by atoms with van der Waals surface area (Å²) < 4.78 is 2.42. The zero-order valence-electron chi connectivity index (χ0n) is 32.5. The highest BCUT2D eigenvalue weighted by atomic mass is 15.1. The van der Waals surface area contributed by atoms with Crippen LogP contribution < -0.4 is 4.90 Å². The van der Waals surface area contributed by atoms with E-state index in [0.29, 0.717) is 0 Å². The van der Waals surface area contributed by atoms with Crippen LogP contribution in [-0.2, 0) is 6.42 Å². The lowest BCUT2D eigenvalue weighted by Crippen LogP contribution is -2.11. The van der Waals surface area contributed by atoms with Crippen molar-refractivity contribution in [1.82, 2.24) is 4.57 Å². The van der Waals surface area contributed by atoms with Gasteiger partial charge in [0.05, 0.1) is 11.0 Å². The lowest BCUT2D eigenvalue weighted by molar-refractivity contribution is 1.11. The second-order valence-corrected chi connectivity index (χ2v) is 14.9. The van der Waals surface area contributed by atoms with Crippen molar-refractivity contribution in [3.05, 3.63) is 230 Å². The molecule has 0 aliphatic rings. The fourth-order valence-electron chi connectivity index (χ4n) is 8.41.